The van der Waals surface area contributed by atoms with Crippen LogP contribution in [0, 0.1) is 0 Å². The third-order valence-corrected chi connectivity index (χ3v) is 6.27. The highest BCUT2D eigenvalue weighted by Crippen LogP contribution is 2.24. The molecule has 0 unspecified atom stereocenters. The number of hydrogen-bond acceptors (Lipinski definition) is 4. The van der Waals surface area contributed by atoms with Gasteiger partial charge in [-0.3, -0.25) is 15.0 Å². The second-order valence-electron chi connectivity index (χ2n) is 8.27. The van der Waals surface area contributed by atoms with E-state index in [1.165, 1.54) is 32.1 Å². The van der Waals surface area contributed by atoms with Gasteiger partial charge in [-0.1, -0.05) is 37.5 Å². The van der Waals surface area contributed by atoms with Crippen LogP contribution >= 0.6 is 0 Å². The first-order valence-corrected chi connectivity index (χ1v) is 11.3. The Labute approximate surface area is 184 Å². The lowest BCUT2D eigenvalue weighted by molar-refractivity contribution is 0.0943. The van der Waals surface area contributed by atoms with Gasteiger partial charge >= 0.3 is 0 Å². The molecular formula is C25H32N4O2. The smallest absolute Gasteiger partial charge is 0.257 e. The zero-order chi connectivity index (χ0) is 21.5. The molecule has 1 aliphatic heterocycles. The minimum Gasteiger partial charge on any atom is -0.497 e. The molecule has 1 aliphatic carbocycles. The Morgan fingerprint density at radius 1 is 0.935 bits per heavy atom. The van der Waals surface area contributed by atoms with Crippen LogP contribution < -0.4 is 10.1 Å². The molecule has 2 fully saturated rings. The van der Waals surface area contributed by atoms with Crippen molar-refractivity contribution in [1.29, 1.82) is 0 Å². The molecule has 2 aromatic carbocycles. The first-order valence-electron chi connectivity index (χ1n) is 11.3. The number of piperazine rings is 1. The number of aliphatic imine (C=N–C) groups is 1. The summed E-state index contributed by atoms with van der Waals surface area (Å²) in [7, 11) is 1.65. The number of carbonyl (C=O) groups excluding carboxylic acids is 1. The fourth-order valence-corrected chi connectivity index (χ4v) is 4.47. The maximum atomic E-state index is 12.9. The molecule has 4 rings (SSSR count). The van der Waals surface area contributed by atoms with Crippen molar-refractivity contribution in [3.63, 3.8) is 0 Å². The Hall–Kier alpha value is -2.86. The lowest BCUT2D eigenvalue weighted by Crippen LogP contribution is -2.55. The molecule has 0 radical (unpaired) electrons. The molecule has 1 heterocycles. The summed E-state index contributed by atoms with van der Waals surface area (Å²) >= 11 is 0. The van der Waals surface area contributed by atoms with E-state index >= 15 is 0 Å². The van der Waals surface area contributed by atoms with E-state index in [4.69, 9.17) is 9.73 Å². The van der Waals surface area contributed by atoms with Crippen LogP contribution in [-0.4, -0.2) is 61.0 Å². The molecule has 1 N–H and O–H groups in total. The molecule has 6 nitrogen and oxygen atoms in total. The maximum Gasteiger partial charge on any atom is 0.257 e. The molecule has 1 saturated heterocycles. The molecular weight excluding hydrogens is 388 g/mol. The van der Waals surface area contributed by atoms with E-state index in [1.807, 2.05) is 54.6 Å². The molecule has 0 atom stereocenters. The molecule has 0 spiro atoms. The summed E-state index contributed by atoms with van der Waals surface area (Å²) in [4.78, 5) is 22.5. The summed E-state index contributed by atoms with van der Waals surface area (Å²) in [6.07, 6.45) is 6.71. The Kier molecular flexibility index (Phi) is 7.20. The third-order valence-electron chi connectivity index (χ3n) is 6.27. The van der Waals surface area contributed by atoms with E-state index in [0.29, 0.717) is 11.5 Å². The normalized spacial score (nSPS) is 18.6. The molecule has 1 saturated carbocycles. The van der Waals surface area contributed by atoms with Crippen LogP contribution in [0.3, 0.4) is 0 Å². The number of rotatable bonds is 4. The molecule has 0 aromatic heterocycles. The Bertz CT molecular complexity index is 868. The summed E-state index contributed by atoms with van der Waals surface area (Å²) in [5, 5.41) is 3.06. The zero-order valence-corrected chi connectivity index (χ0v) is 18.3. The van der Waals surface area contributed by atoms with Crippen molar-refractivity contribution in [2.75, 3.05) is 33.3 Å². The fourth-order valence-electron chi connectivity index (χ4n) is 4.47. The Morgan fingerprint density at radius 2 is 1.61 bits per heavy atom. The number of carbonyl (C=O) groups is 1. The summed E-state index contributed by atoms with van der Waals surface area (Å²) in [6, 6.07) is 17.6. The highest BCUT2D eigenvalue weighted by molar-refractivity contribution is 6.06. The Morgan fingerprint density at radius 3 is 2.26 bits per heavy atom. The molecule has 6 heteroatoms. The topological polar surface area (TPSA) is 57.2 Å². The van der Waals surface area contributed by atoms with Crippen LogP contribution in [0.2, 0.25) is 0 Å². The molecule has 2 aliphatic rings. The van der Waals surface area contributed by atoms with Gasteiger partial charge in [0.1, 0.15) is 5.75 Å². The monoisotopic (exact) mass is 420 g/mol. The number of benzene rings is 2. The fraction of sp³-hybridized carbons (Fsp3) is 0.440. The van der Waals surface area contributed by atoms with Crippen LogP contribution in [0.1, 0.15) is 42.5 Å². The largest absolute Gasteiger partial charge is 0.497 e. The molecule has 31 heavy (non-hydrogen) atoms. The number of ether oxygens (including phenoxy) is 1. The number of nitrogens with zero attached hydrogens (tertiary/aromatic N) is 3. The summed E-state index contributed by atoms with van der Waals surface area (Å²) in [5.41, 5.74) is 1.42. The first kappa shape index (κ1) is 21.4. The standard InChI is InChI=1S/C25H32N4O2/c1-31-23-14-12-21(13-15-23)26-25(27-24(30)20-8-4-2-5-9-20)29-18-16-28(17-19-29)22-10-6-3-7-11-22/h2,4-5,8-9,12-15,22H,3,6-7,10-11,16-19H2,1H3,(H,26,27,30). The number of nitrogens with one attached hydrogen (secondary N) is 1. The van der Waals surface area contributed by atoms with Crippen LogP contribution in [0.5, 0.6) is 5.75 Å². The lowest BCUT2D eigenvalue weighted by Gasteiger charge is -2.41. The molecule has 1 amide bonds. The molecule has 164 valence electrons. The van der Waals surface area contributed by atoms with Gasteiger partial charge in [-0.2, -0.15) is 0 Å². The minimum atomic E-state index is -0.137. The van der Waals surface area contributed by atoms with Crippen molar-refractivity contribution >= 4 is 17.6 Å². The average molecular weight is 421 g/mol. The highest BCUT2D eigenvalue weighted by Gasteiger charge is 2.27. The summed E-state index contributed by atoms with van der Waals surface area (Å²) in [5.74, 6) is 1.26. The van der Waals surface area contributed by atoms with Crippen LogP contribution in [0.4, 0.5) is 5.69 Å². The highest BCUT2D eigenvalue weighted by atomic mass is 16.5. The predicted molar refractivity (Wildman–Crippen MR) is 124 cm³/mol. The van der Waals surface area contributed by atoms with Crippen molar-refractivity contribution in [2.45, 2.75) is 38.1 Å². The first-order chi connectivity index (χ1) is 15.2. The van der Waals surface area contributed by atoms with Gasteiger partial charge in [0.15, 0.2) is 0 Å². The number of amides is 1. The van der Waals surface area contributed by atoms with Gasteiger partial charge in [-0.25, -0.2) is 4.99 Å². The molecule has 0 bridgehead atoms. The third kappa shape index (κ3) is 5.64. The van der Waals surface area contributed by atoms with Crippen LogP contribution in [-0.2, 0) is 0 Å². The second kappa shape index (κ2) is 10.4. The van der Waals surface area contributed by atoms with Gasteiger partial charge in [-0.15, -0.1) is 0 Å². The van der Waals surface area contributed by atoms with Crippen molar-refractivity contribution in [1.82, 2.24) is 15.1 Å². The van der Waals surface area contributed by atoms with E-state index in [-0.39, 0.29) is 5.91 Å². The van der Waals surface area contributed by atoms with E-state index < -0.39 is 0 Å². The van der Waals surface area contributed by atoms with Crippen molar-refractivity contribution < 1.29 is 9.53 Å². The van der Waals surface area contributed by atoms with Gasteiger partial charge in [0.05, 0.1) is 12.8 Å². The molecule has 2 aromatic rings. The minimum absolute atomic E-state index is 0.137. The van der Waals surface area contributed by atoms with E-state index in [0.717, 1.165) is 43.7 Å². The second-order valence-corrected chi connectivity index (χ2v) is 8.27. The van der Waals surface area contributed by atoms with Crippen LogP contribution in [0.25, 0.3) is 0 Å². The van der Waals surface area contributed by atoms with E-state index in [2.05, 4.69) is 15.1 Å². The SMILES string of the molecule is COc1ccc(N=C(NC(=O)c2ccccc2)N2CCN(C3CCCCC3)CC2)cc1. The maximum absolute atomic E-state index is 12.9. The van der Waals surface area contributed by atoms with E-state index in [1.54, 1.807) is 7.11 Å². The lowest BCUT2D eigenvalue weighted by atomic mass is 9.94. The van der Waals surface area contributed by atoms with Crippen LogP contribution in [0.15, 0.2) is 59.6 Å². The van der Waals surface area contributed by atoms with Gasteiger partial charge < -0.3 is 9.64 Å². The number of methoxy groups -OCH3 is 1. The predicted octanol–water partition coefficient (Wildman–Crippen LogP) is 4.06. The van der Waals surface area contributed by atoms with Gasteiger partial charge in [0.25, 0.3) is 5.91 Å². The van der Waals surface area contributed by atoms with Crippen molar-refractivity contribution in [3.05, 3.63) is 60.2 Å². The summed E-state index contributed by atoms with van der Waals surface area (Å²) in [6.45, 7) is 3.74. The van der Waals surface area contributed by atoms with Crippen molar-refractivity contribution in [3.8, 4) is 5.75 Å². The zero-order valence-electron chi connectivity index (χ0n) is 18.3. The van der Waals surface area contributed by atoms with Gasteiger partial charge in [0.2, 0.25) is 5.96 Å². The average Bonchev–Trinajstić information content (AvgIpc) is 2.85. The number of guanidine groups is 1. The summed E-state index contributed by atoms with van der Waals surface area (Å²) < 4.78 is 5.25. The van der Waals surface area contributed by atoms with Crippen molar-refractivity contribution in [2.24, 2.45) is 4.99 Å². The number of hydrogen-bond donors (Lipinski definition) is 1. The quantitative estimate of drug-likeness (QED) is 0.599. The van der Waals surface area contributed by atoms with Gasteiger partial charge in [0, 0.05) is 37.8 Å². The Balaban J connectivity index is 1.49. The van der Waals surface area contributed by atoms with Gasteiger partial charge in [-0.05, 0) is 49.2 Å². The van der Waals surface area contributed by atoms with E-state index in [9.17, 15) is 4.79 Å².